The number of hydrogen-bond donors (Lipinski definition) is 0. The van der Waals surface area contributed by atoms with E-state index in [9.17, 15) is 0 Å². The maximum atomic E-state index is 5.80. The average Bonchev–Trinajstić information content (AvgIpc) is 2.97. The summed E-state index contributed by atoms with van der Waals surface area (Å²) < 4.78 is 8.13. The van der Waals surface area contributed by atoms with E-state index in [1.165, 1.54) is 0 Å². The van der Waals surface area contributed by atoms with Crippen LogP contribution in [0.3, 0.4) is 0 Å². The zero-order valence-corrected chi connectivity index (χ0v) is 13.5. The molecule has 5 heteroatoms. The van der Waals surface area contributed by atoms with Crippen LogP contribution in [0.4, 0.5) is 0 Å². The van der Waals surface area contributed by atoms with Crippen LogP contribution in [0.2, 0.25) is 0 Å². The monoisotopic (exact) mass is 294 g/mol. The van der Waals surface area contributed by atoms with Crippen LogP contribution in [0.15, 0.2) is 4.42 Å². The summed E-state index contributed by atoms with van der Waals surface area (Å²) in [6, 6.07) is 0. The number of fused-ring (bicyclic) bond motifs is 3. The van der Waals surface area contributed by atoms with Crippen molar-refractivity contribution in [2.75, 3.05) is 0 Å². The Morgan fingerprint density at radius 2 is 1.74 bits per heavy atom. The van der Waals surface area contributed by atoms with Crippen LogP contribution in [0.25, 0.3) is 20.8 Å². The quantitative estimate of drug-likeness (QED) is 0.657. The summed E-state index contributed by atoms with van der Waals surface area (Å²) in [5.74, 6) is 0.446. The van der Waals surface area contributed by atoms with Crippen molar-refractivity contribution in [3.63, 3.8) is 0 Å². The van der Waals surface area contributed by atoms with Gasteiger partial charge in [0, 0.05) is 11.3 Å². The molecule has 3 heterocycles. The molecule has 0 bridgehead atoms. The largest absolute Gasteiger partial charge is 0.417 e. The molecule has 0 fully saturated rings. The number of furan rings is 1. The van der Waals surface area contributed by atoms with Crippen molar-refractivity contribution in [2.24, 2.45) is 0 Å². The molecule has 0 aliphatic rings. The second-order valence-electron chi connectivity index (χ2n) is 5.83. The first kappa shape index (κ1) is 13.1. The molecule has 0 N–H and O–H groups in total. The second kappa shape index (κ2) is 4.28. The standard InChI is InChI=1S/C14H18N2OS2/c1-6-14(4,5)13-16-11-9(19-13)8-10(17-11)15-12(18-8)7(2)3/h7H,6H2,1-5H3. The molecule has 3 nitrogen and oxygen atoms in total. The number of aromatic nitrogens is 2. The normalized spacial score (nSPS) is 13.2. The van der Waals surface area contributed by atoms with Crippen LogP contribution in [0.5, 0.6) is 0 Å². The average molecular weight is 294 g/mol. The lowest BCUT2D eigenvalue weighted by Crippen LogP contribution is -2.14. The SMILES string of the molecule is CCC(C)(C)c1nc2oc3nc(C(C)C)sc3c2s1. The molecule has 0 aliphatic carbocycles. The van der Waals surface area contributed by atoms with Gasteiger partial charge in [0.1, 0.15) is 14.4 Å². The highest BCUT2D eigenvalue weighted by Crippen LogP contribution is 2.41. The predicted octanol–water partition coefficient (Wildman–Crippen LogP) is 5.31. The molecule has 3 aromatic heterocycles. The summed E-state index contributed by atoms with van der Waals surface area (Å²) in [7, 11) is 0. The third kappa shape index (κ3) is 1.99. The summed E-state index contributed by atoms with van der Waals surface area (Å²) >= 11 is 3.49. The molecular weight excluding hydrogens is 276 g/mol. The predicted molar refractivity (Wildman–Crippen MR) is 82.5 cm³/mol. The van der Waals surface area contributed by atoms with Crippen molar-refractivity contribution in [3.8, 4) is 0 Å². The van der Waals surface area contributed by atoms with Gasteiger partial charge >= 0.3 is 0 Å². The molecule has 0 aliphatic heterocycles. The Hall–Kier alpha value is -0.940. The van der Waals surface area contributed by atoms with Crippen molar-refractivity contribution in [1.82, 2.24) is 9.97 Å². The highest BCUT2D eigenvalue weighted by Gasteiger charge is 2.26. The first-order valence-corrected chi connectivity index (χ1v) is 8.26. The zero-order chi connectivity index (χ0) is 13.8. The Labute approximate surface area is 120 Å². The Kier molecular flexibility index (Phi) is 2.94. The minimum Gasteiger partial charge on any atom is -0.417 e. The van der Waals surface area contributed by atoms with E-state index in [2.05, 4.69) is 44.6 Å². The van der Waals surface area contributed by atoms with Crippen LogP contribution >= 0.6 is 22.7 Å². The first-order chi connectivity index (χ1) is 8.92. The van der Waals surface area contributed by atoms with E-state index in [4.69, 9.17) is 4.42 Å². The second-order valence-corrected chi connectivity index (χ2v) is 7.86. The van der Waals surface area contributed by atoms with Crippen LogP contribution in [0, 0.1) is 0 Å². The van der Waals surface area contributed by atoms with E-state index in [1.54, 1.807) is 22.7 Å². The summed E-state index contributed by atoms with van der Waals surface area (Å²) in [4.78, 5) is 9.21. The molecule has 0 amide bonds. The van der Waals surface area contributed by atoms with Gasteiger partial charge in [0.05, 0.1) is 5.01 Å². The van der Waals surface area contributed by atoms with Crippen molar-refractivity contribution in [3.05, 3.63) is 10.0 Å². The minimum atomic E-state index is 0.115. The number of hydrogen-bond acceptors (Lipinski definition) is 5. The summed E-state index contributed by atoms with van der Waals surface area (Å²) in [5.41, 5.74) is 1.62. The molecule has 0 spiro atoms. The van der Waals surface area contributed by atoms with Gasteiger partial charge in [-0.2, -0.15) is 0 Å². The van der Waals surface area contributed by atoms with Gasteiger partial charge in [-0.15, -0.1) is 22.7 Å². The molecule has 19 heavy (non-hydrogen) atoms. The molecule has 0 aromatic carbocycles. The van der Waals surface area contributed by atoms with Gasteiger partial charge in [-0.3, -0.25) is 0 Å². The third-order valence-electron chi connectivity index (χ3n) is 3.57. The van der Waals surface area contributed by atoms with Crippen LogP contribution in [-0.2, 0) is 5.41 Å². The molecule has 0 saturated heterocycles. The van der Waals surface area contributed by atoms with E-state index < -0.39 is 0 Å². The molecule has 3 aromatic rings. The molecule has 102 valence electrons. The molecule has 0 atom stereocenters. The molecule has 0 unspecified atom stereocenters. The molecule has 0 saturated carbocycles. The van der Waals surface area contributed by atoms with Gasteiger partial charge in [-0.25, -0.2) is 9.97 Å². The van der Waals surface area contributed by atoms with Crippen molar-refractivity contribution >= 4 is 43.5 Å². The van der Waals surface area contributed by atoms with Crippen LogP contribution in [0.1, 0.15) is 57.0 Å². The van der Waals surface area contributed by atoms with Gasteiger partial charge in [0.15, 0.2) is 0 Å². The lowest BCUT2D eigenvalue weighted by molar-refractivity contribution is 0.501. The van der Waals surface area contributed by atoms with Gasteiger partial charge in [0.2, 0.25) is 11.4 Å². The van der Waals surface area contributed by atoms with Crippen LogP contribution < -0.4 is 0 Å². The van der Waals surface area contributed by atoms with Gasteiger partial charge in [-0.1, -0.05) is 34.6 Å². The number of thiazole rings is 2. The fourth-order valence-corrected chi connectivity index (χ4v) is 4.11. The summed E-state index contributed by atoms with van der Waals surface area (Å²) in [6.07, 6.45) is 1.08. The maximum Gasteiger partial charge on any atom is 0.241 e. The highest BCUT2D eigenvalue weighted by molar-refractivity contribution is 7.26. The summed E-state index contributed by atoms with van der Waals surface area (Å²) in [5, 5.41) is 2.30. The van der Waals surface area contributed by atoms with Gasteiger partial charge in [-0.05, 0) is 6.42 Å². The zero-order valence-electron chi connectivity index (χ0n) is 11.9. The Morgan fingerprint density at radius 1 is 1.11 bits per heavy atom. The first-order valence-electron chi connectivity index (χ1n) is 6.62. The van der Waals surface area contributed by atoms with E-state index in [0.717, 1.165) is 37.3 Å². The fourth-order valence-electron chi connectivity index (χ4n) is 1.83. The van der Waals surface area contributed by atoms with Gasteiger partial charge < -0.3 is 4.42 Å². The van der Waals surface area contributed by atoms with Gasteiger partial charge in [0.25, 0.3) is 0 Å². The number of rotatable bonds is 3. The smallest absolute Gasteiger partial charge is 0.241 e. The number of nitrogens with zero attached hydrogens (tertiary/aromatic N) is 2. The van der Waals surface area contributed by atoms with Crippen molar-refractivity contribution < 1.29 is 4.42 Å². The molecule has 0 radical (unpaired) electrons. The topological polar surface area (TPSA) is 38.9 Å². The minimum absolute atomic E-state index is 0.115. The van der Waals surface area contributed by atoms with E-state index >= 15 is 0 Å². The highest BCUT2D eigenvalue weighted by atomic mass is 32.1. The van der Waals surface area contributed by atoms with Crippen molar-refractivity contribution in [2.45, 2.75) is 52.4 Å². The van der Waals surface area contributed by atoms with Crippen LogP contribution in [-0.4, -0.2) is 9.97 Å². The lowest BCUT2D eigenvalue weighted by Gasteiger charge is -2.18. The Bertz CT molecular complexity index is 733. The van der Waals surface area contributed by atoms with E-state index in [-0.39, 0.29) is 5.41 Å². The van der Waals surface area contributed by atoms with Crippen molar-refractivity contribution in [1.29, 1.82) is 0 Å². The molecule has 3 rings (SSSR count). The lowest BCUT2D eigenvalue weighted by atomic mass is 9.91. The van der Waals surface area contributed by atoms with E-state index in [1.807, 2.05) is 0 Å². The maximum absolute atomic E-state index is 5.80. The Morgan fingerprint density at radius 3 is 2.37 bits per heavy atom. The Balaban J connectivity index is 2.18. The summed E-state index contributed by atoms with van der Waals surface area (Å²) in [6.45, 7) is 11.0. The molecular formula is C14H18N2OS2. The third-order valence-corrected chi connectivity index (χ3v) is 6.47. The fraction of sp³-hybridized carbons (Fsp3) is 0.571. The van der Waals surface area contributed by atoms with E-state index in [0.29, 0.717) is 5.92 Å².